The Bertz CT molecular complexity index is 414. The van der Waals surface area contributed by atoms with Crippen molar-refractivity contribution in [2.75, 3.05) is 7.05 Å². The highest BCUT2D eigenvalue weighted by molar-refractivity contribution is 7.10. The molecule has 1 heterocycles. The van der Waals surface area contributed by atoms with E-state index in [1.807, 2.05) is 0 Å². The molecule has 102 valence electrons. The summed E-state index contributed by atoms with van der Waals surface area (Å²) in [6.45, 7) is 2.35. The summed E-state index contributed by atoms with van der Waals surface area (Å²) >= 11 is 1.38. The average molecular weight is 280 g/mol. The van der Waals surface area contributed by atoms with E-state index in [-0.39, 0.29) is 0 Å². The van der Waals surface area contributed by atoms with Gasteiger partial charge in [0.15, 0.2) is 5.54 Å². The number of likely N-dealkylation sites (N-methyl/N-ethyl adjacent to an activating group) is 1. The number of carbonyl (C=O) groups is 1. The highest BCUT2D eigenvalue weighted by atomic mass is 32.1. The zero-order valence-electron chi connectivity index (χ0n) is 10.3. The van der Waals surface area contributed by atoms with Crippen LogP contribution in [0.25, 0.3) is 0 Å². The number of hydrogen-bond donors (Lipinski definition) is 1. The van der Waals surface area contributed by atoms with Crippen LogP contribution < -0.4 is 5.73 Å². The smallest absolute Gasteiger partial charge is 0.336 e. The molecule has 0 radical (unpaired) electrons. The van der Waals surface area contributed by atoms with Crippen LogP contribution in [0.15, 0.2) is 17.5 Å². The summed E-state index contributed by atoms with van der Waals surface area (Å²) in [7, 11) is 1.32. The second kappa shape index (κ2) is 4.89. The number of thiophene rings is 1. The van der Waals surface area contributed by atoms with Crippen molar-refractivity contribution in [1.82, 2.24) is 4.90 Å². The molecule has 1 aromatic rings. The fraction of sp³-hybridized carbons (Fsp3) is 0.545. The van der Waals surface area contributed by atoms with Crippen molar-refractivity contribution < 1.29 is 18.0 Å². The van der Waals surface area contributed by atoms with Crippen LogP contribution in [0.4, 0.5) is 13.2 Å². The highest BCUT2D eigenvalue weighted by Gasteiger charge is 2.55. The predicted octanol–water partition coefficient (Wildman–Crippen LogP) is 2.55. The van der Waals surface area contributed by atoms with E-state index in [9.17, 15) is 18.0 Å². The molecule has 0 fully saturated rings. The molecule has 0 aliphatic carbocycles. The van der Waals surface area contributed by atoms with Crippen molar-refractivity contribution >= 4 is 17.2 Å². The summed E-state index contributed by atoms with van der Waals surface area (Å²) < 4.78 is 38.0. The fourth-order valence-corrected chi connectivity index (χ4v) is 2.21. The summed E-state index contributed by atoms with van der Waals surface area (Å²) in [5.74, 6) is -1.14. The van der Waals surface area contributed by atoms with Crippen LogP contribution in [-0.2, 0) is 4.79 Å². The number of nitrogens with two attached hydrogens (primary N) is 1. The minimum absolute atomic E-state index is 0.442. The van der Waals surface area contributed by atoms with Crippen LogP contribution in [0.2, 0.25) is 0 Å². The summed E-state index contributed by atoms with van der Waals surface area (Å²) in [6, 6.07) is 3.10. The van der Waals surface area contributed by atoms with Gasteiger partial charge in [-0.25, -0.2) is 0 Å². The maximum Gasteiger partial charge on any atom is 0.415 e. The van der Waals surface area contributed by atoms with Gasteiger partial charge in [0.2, 0.25) is 0 Å². The van der Waals surface area contributed by atoms with Crippen LogP contribution in [-0.4, -0.2) is 29.6 Å². The van der Waals surface area contributed by atoms with Crippen molar-refractivity contribution in [1.29, 1.82) is 0 Å². The summed E-state index contributed by atoms with van der Waals surface area (Å²) in [5.41, 5.74) is 2.25. The molecule has 1 aromatic heterocycles. The van der Waals surface area contributed by atoms with Crippen molar-refractivity contribution in [2.45, 2.75) is 31.6 Å². The molecule has 0 bridgehead atoms. The van der Waals surface area contributed by atoms with Crippen molar-refractivity contribution in [2.24, 2.45) is 5.73 Å². The van der Waals surface area contributed by atoms with E-state index in [1.54, 1.807) is 24.4 Å². The summed E-state index contributed by atoms with van der Waals surface area (Å²) in [6.07, 6.45) is -4.77. The Hall–Kier alpha value is -1.08. The zero-order chi connectivity index (χ0) is 14.1. The van der Waals surface area contributed by atoms with Gasteiger partial charge in [-0.15, -0.1) is 11.3 Å². The van der Waals surface area contributed by atoms with Crippen molar-refractivity contribution in [3.8, 4) is 0 Å². The van der Waals surface area contributed by atoms with Crippen LogP contribution in [0.3, 0.4) is 0 Å². The maximum atomic E-state index is 12.7. The number of rotatable bonds is 3. The van der Waals surface area contributed by atoms with Gasteiger partial charge < -0.3 is 10.6 Å². The first-order valence-electron chi connectivity index (χ1n) is 5.25. The molecule has 1 amide bonds. The number of halogens is 3. The number of amides is 1. The minimum Gasteiger partial charge on any atom is -0.336 e. The molecule has 0 saturated carbocycles. The van der Waals surface area contributed by atoms with Gasteiger partial charge in [-0.05, 0) is 25.3 Å². The topological polar surface area (TPSA) is 46.3 Å². The highest BCUT2D eigenvalue weighted by Crippen LogP contribution is 2.32. The normalized spacial score (nSPS) is 17.1. The fourth-order valence-electron chi connectivity index (χ4n) is 1.38. The summed E-state index contributed by atoms with van der Waals surface area (Å²) in [4.78, 5) is 13.7. The standard InChI is InChI=1S/C11H15F3N2OS/c1-7(8-5-4-6-18-8)16(3)9(17)10(2,15)11(12,13)14/h4-7H,15H2,1-3H3. The lowest BCUT2D eigenvalue weighted by atomic mass is 10.0. The molecule has 0 aromatic carbocycles. The first-order chi connectivity index (χ1) is 8.09. The molecule has 1 rings (SSSR count). The van der Waals surface area contributed by atoms with Crippen LogP contribution in [0, 0.1) is 0 Å². The van der Waals surface area contributed by atoms with E-state index in [1.165, 1.54) is 18.4 Å². The number of hydrogen-bond acceptors (Lipinski definition) is 3. The van der Waals surface area contributed by atoms with Gasteiger partial charge in [0.25, 0.3) is 5.91 Å². The first-order valence-corrected chi connectivity index (χ1v) is 6.13. The average Bonchev–Trinajstić information content (AvgIpc) is 2.77. The Labute approximate surface area is 107 Å². The largest absolute Gasteiger partial charge is 0.415 e. The lowest BCUT2D eigenvalue weighted by molar-refractivity contribution is -0.194. The quantitative estimate of drug-likeness (QED) is 0.925. The maximum absolute atomic E-state index is 12.7. The van der Waals surface area contributed by atoms with Gasteiger partial charge in [0.05, 0.1) is 6.04 Å². The number of nitrogens with zero attached hydrogens (tertiary/aromatic N) is 1. The van der Waals surface area contributed by atoms with Crippen LogP contribution in [0.1, 0.15) is 24.8 Å². The molecule has 0 aliphatic heterocycles. The number of alkyl halides is 3. The molecule has 0 aliphatic rings. The van der Waals surface area contributed by atoms with E-state index < -0.39 is 23.7 Å². The summed E-state index contributed by atoms with van der Waals surface area (Å²) in [5, 5.41) is 1.80. The lowest BCUT2D eigenvalue weighted by Crippen LogP contribution is -2.61. The molecular formula is C11H15F3N2OS. The SMILES string of the molecule is CC(c1cccs1)N(C)C(=O)C(C)(N)C(F)(F)F. The third-order valence-corrected chi connectivity index (χ3v) is 3.93. The molecular weight excluding hydrogens is 265 g/mol. The van der Waals surface area contributed by atoms with E-state index in [2.05, 4.69) is 0 Å². The van der Waals surface area contributed by atoms with Crippen LogP contribution >= 0.6 is 11.3 Å². The minimum atomic E-state index is -4.77. The van der Waals surface area contributed by atoms with E-state index in [0.717, 1.165) is 9.78 Å². The van der Waals surface area contributed by atoms with Gasteiger partial charge in [-0.3, -0.25) is 4.79 Å². The van der Waals surface area contributed by atoms with E-state index in [4.69, 9.17) is 5.73 Å². The lowest BCUT2D eigenvalue weighted by Gasteiger charge is -2.33. The van der Waals surface area contributed by atoms with Gasteiger partial charge >= 0.3 is 6.18 Å². The molecule has 0 spiro atoms. The Morgan fingerprint density at radius 3 is 2.44 bits per heavy atom. The Kier molecular flexibility index (Phi) is 4.07. The third-order valence-electron chi connectivity index (χ3n) is 2.89. The molecule has 0 saturated heterocycles. The Morgan fingerprint density at radius 2 is 2.06 bits per heavy atom. The molecule has 2 atom stereocenters. The monoisotopic (exact) mass is 280 g/mol. The molecule has 2 unspecified atom stereocenters. The van der Waals surface area contributed by atoms with Gasteiger partial charge in [-0.2, -0.15) is 13.2 Å². The molecule has 2 N–H and O–H groups in total. The first kappa shape index (κ1) is 15.0. The van der Waals surface area contributed by atoms with Gasteiger partial charge in [0.1, 0.15) is 0 Å². The van der Waals surface area contributed by atoms with Gasteiger partial charge in [0, 0.05) is 11.9 Å². The van der Waals surface area contributed by atoms with Crippen molar-refractivity contribution in [3.05, 3.63) is 22.4 Å². The second-order valence-electron chi connectivity index (χ2n) is 4.31. The molecule has 3 nitrogen and oxygen atoms in total. The zero-order valence-corrected chi connectivity index (χ0v) is 11.1. The van der Waals surface area contributed by atoms with E-state index >= 15 is 0 Å². The Morgan fingerprint density at radius 1 is 1.50 bits per heavy atom. The Balaban J connectivity index is 2.91. The van der Waals surface area contributed by atoms with E-state index in [0.29, 0.717) is 6.92 Å². The second-order valence-corrected chi connectivity index (χ2v) is 5.29. The van der Waals surface area contributed by atoms with Crippen molar-refractivity contribution in [3.63, 3.8) is 0 Å². The molecule has 18 heavy (non-hydrogen) atoms. The van der Waals surface area contributed by atoms with Gasteiger partial charge in [-0.1, -0.05) is 6.07 Å². The van der Waals surface area contributed by atoms with Crippen LogP contribution in [0.5, 0.6) is 0 Å². The number of carbonyl (C=O) groups excluding carboxylic acids is 1. The molecule has 7 heteroatoms. The predicted molar refractivity (Wildman–Crippen MR) is 64.2 cm³/mol. The third kappa shape index (κ3) is 2.67.